The second-order valence-corrected chi connectivity index (χ2v) is 22.0. The number of hydrogen-bond donors (Lipinski definition) is 0. The van der Waals surface area contributed by atoms with Crippen LogP contribution in [0, 0.1) is 0 Å². The molecule has 14 rings (SSSR count). The maximum atomic E-state index is 2.59. The highest BCUT2D eigenvalue weighted by molar-refractivity contribution is 6.30. The summed E-state index contributed by atoms with van der Waals surface area (Å²) >= 11 is 0. The molecule has 0 atom stereocenters. The molecule has 0 aromatic heterocycles. The molecule has 80 heavy (non-hydrogen) atoms. The van der Waals surface area contributed by atoms with E-state index in [0.717, 1.165) is 34.1 Å². The predicted molar refractivity (Wildman–Crippen MR) is 344 cm³/mol. The molecule has 0 aliphatic rings. The first-order valence-corrected chi connectivity index (χ1v) is 28.2. The van der Waals surface area contributed by atoms with Crippen molar-refractivity contribution in [1.29, 1.82) is 0 Å². The summed E-state index contributed by atoms with van der Waals surface area (Å²) in [5.41, 5.74) is 18.9. The Morgan fingerprint density at radius 2 is 0.562 bits per heavy atom. The first-order chi connectivity index (χ1) is 39.4. The molecule has 0 fully saturated rings. The molecule has 14 aromatic carbocycles. The zero-order chi connectivity index (χ0) is 53.8. The van der Waals surface area contributed by atoms with Crippen molar-refractivity contribution in [1.82, 2.24) is 0 Å². The largest absolute Gasteiger partial charge is 0.309 e. The molecule has 0 unspecified atom stereocenters. The van der Waals surface area contributed by atoms with E-state index in [1.807, 2.05) is 0 Å². The zero-order valence-electron chi connectivity index (χ0n) is 45.6. The average Bonchev–Trinajstić information content (AvgIpc) is 3.63. The average molecular weight is 1030 g/mol. The summed E-state index contributed by atoms with van der Waals surface area (Å²) in [6.45, 7) is 9.44. The molecular formula is C78H60N2. The topological polar surface area (TPSA) is 6.48 Å². The van der Waals surface area contributed by atoms with Crippen LogP contribution < -0.4 is 9.80 Å². The number of benzene rings is 14. The quantitative estimate of drug-likeness (QED) is 0.113. The fourth-order valence-electron chi connectivity index (χ4n) is 12.7. The monoisotopic (exact) mass is 1020 g/mol. The van der Waals surface area contributed by atoms with Crippen LogP contribution in [0.3, 0.4) is 0 Å². The Balaban J connectivity index is 1.12. The van der Waals surface area contributed by atoms with Gasteiger partial charge in [-0.2, -0.15) is 0 Å². The van der Waals surface area contributed by atoms with Gasteiger partial charge in [-0.05, 0) is 137 Å². The van der Waals surface area contributed by atoms with Crippen LogP contribution >= 0.6 is 0 Å². The minimum atomic E-state index is 0.217. The van der Waals surface area contributed by atoms with E-state index in [4.69, 9.17) is 0 Å². The molecule has 2 nitrogen and oxygen atoms in total. The molecule has 0 N–H and O–H groups in total. The Morgan fingerprint density at radius 1 is 0.250 bits per heavy atom. The lowest BCUT2D eigenvalue weighted by Crippen LogP contribution is -2.14. The van der Waals surface area contributed by atoms with Crippen molar-refractivity contribution in [3.8, 4) is 44.5 Å². The van der Waals surface area contributed by atoms with E-state index in [0.29, 0.717) is 0 Å². The van der Waals surface area contributed by atoms with Crippen LogP contribution in [-0.4, -0.2) is 0 Å². The van der Waals surface area contributed by atoms with Gasteiger partial charge in [0.1, 0.15) is 0 Å². The highest BCUT2D eigenvalue weighted by atomic mass is 15.2. The van der Waals surface area contributed by atoms with Crippen molar-refractivity contribution >= 4 is 88.0 Å². The Hall–Kier alpha value is -9.76. The molecule has 0 amide bonds. The Bertz CT molecular complexity index is 4250. The fraction of sp³-hybridized carbons (Fsp3) is 0.0769. The summed E-state index contributed by atoms with van der Waals surface area (Å²) < 4.78 is 0. The van der Waals surface area contributed by atoms with Crippen molar-refractivity contribution in [3.05, 3.63) is 290 Å². The van der Waals surface area contributed by atoms with E-state index < -0.39 is 0 Å². The second kappa shape index (κ2) is 20.2. The van der Waals surface area contributed by atoms with E-state index in [1.165, 1.54) is 109 Å². The fourth-order valence-corrected chi connectivity index (χ4v) is 12.7. The van der Waals surface area contributed by atoms with E-state index in [-0.39, 0.29) is 11.8 Å². The van der Waals surface area contributed by atoms with Gasteiger partial charge in [0.25, 0.3) is 0 Å². The molecule has 0 heterocycles. The zero-order valence-corrected chi connectivity index (χ0v) is 45.6. The first-order valence-electron chi connectivity index (χ1n) is 28.2. The van der Waals surface area contributed by atoms with Crippen LogP contribution in [0.25, 0.3) is 98.4 Å². The molecule has 2 heteroatoms. The van der Waals surface area contributed by atoms with E-state index in [1.54, 1.807) is 0 Å². The van der Waals surface area contributed by atoms with Gasteiger partial charge < -0.3 is 9.80 Å². The van der Waals surface area contributed by atoms with Gasteiger partial charge in [0.05, 0.1) is 22.7 Å². The number of hydrogen-bond acceptors (Lipinski definition) is 2. The molecular weight excluding hydrogens is 965 g/mol. The maximum Gasteiger partial charge on any atom is 0.0618 e. The minimum absolute atomic E-state index is 0.217. The summed E-state index contributed by atoms with van der Waals surface area (Å²) in [7, 11) is 0. The maximum absolute atomic E-state index is 2.59. The molecule has 14 aromatic rings. The van der Waals surface area contributed by atoms with Gasteiger partial charge in [0.2, 0.25) is 0 Å². The van der Waals surface area contributed by atoms with E-state index in [2.05, 4.69) is 317 Å². The van der Waals surface area contributed by atoms with Crippen molar-refractivity contribution in [2.24, 2.45) is 0 Å². The summed E-state index contributed by atoms with van der Waals surface area (Å²) in [6.07, 6.45) is 0. The molecule has 0 spiro atoms. The Labute approximate surface area is 469 Å². The van der Waals surface area contributed by atoms with Crippen LogP contribution in [0.1, 0.15) is 50.7 Å². The number of anilines is 6. The van der Waals surface area contributed by atoms with Gasteiger partial charge in [-0.1, -0.05) is 258 Å². The molecule has 0 saturated carbocycles. The molecule has 0 saturated heterocycles. The standard InChI is InChI=1S/C78H60N2/c1-51(2)69-49-73(79(61-31-19-9-20-32-61)77-63(55-27-15-7-16-28-55)41-39-57-35-37-59(47-71(57)77)53-23-11-5-12-24-53)67-46-44-66-70(52(3)4)50-74(68-45-43-65(69)75(67)76(66)68)80(62-33-21-10-22-34-62)78-64(56-29-17-8-18-30-56)42-40-58-36-38-60(48-72(58)78)54-25-13-6-14-26-54/h5-52H,1-4H3. The normalized spacial score (nSPS) is 11.7. The van der Waals surface area contributed by atoms with Crippen LogP contribution in [0.2, 0.25) is 0 Å². The van der Waals surface area contributed by atoms with Gasteiger partial charge in [-0.3, -0.25) is 0 Å². The van der Waals surface area contributed by atoms with Gasteiger partial charge in [-0.15, -0.1) is 0 Å². The summed E-state index contributed by atoms with van der Waals surface area (Å²) in [6, 6.07) is 104. The van der Waals surface area contributed by atoms with Crippen molar-refractivity contribution in [3.63, 3.8) is 0 Å². The molecule has 0 radical (unpaired) electrons. The van der Waals surface area contributed by atoms with Crippen molar-refractivity contribution in [2.75, 3.05) is 9.80 Å². The lowest BCUT2D eigenvalue weighted by molar-refractivity contribution is 0.875. The molecule has 0 bridgehead atoms. The Kier molecular flexibility index (Phi) is 12.3. The Morgan fingerprint density at radius 3 is 0.912 bits per heavy atom. The number of nitrogens with zero attached hydrogens (tertiary/aromatic N) is 2. The van der Waals surface area contributed by atoms with E-state index >= 15 is 0 Å². The second-order valence-electron chi connectivity index (χ2n) is 22.0. The number of fused-ring (bicyclic) bond motifs is 2. The van der Waals surface area contributed by atoms with Crippen molar-refractivity contribution < 1.29 is 0 Å². The lowest BCUT2D eigenvalue weighted by atomic mass is 9.83. The van der Waals surface area contributed by atoms with Crippen LogP contribution in [0.4, 0.5) is 34.1 Å². The number of para-hydroxylation sites is 2. The third-order valence-electron chi connectivity index (χ3n) is 16.5. The highest BCUT2D eigenvalue weighted by Crippen LogP contribution is 2.55. The third-order valence-corrected chi connectivity index (χ3v) is 16.5. The summed E-state index contributed by atoms with van der Waals surface area (Å²) in [5.74, 6) is 0.434. The number of rotatable bonds is 12. The SMILES string of the molecule is CC(C)c1cc(N(c2ccccc2)c2c(-c3ccccc3)ccc3ccc(-c4ccccc4)cc23)c2ccc3c(C(C)C)cc(N(c4ccccc4)c4c(-c5ccccc5)ccc5ccc(-c6ccccc6)cc45)c4ccc1c2c34. The van der Waals surface area contributed by atoms with Crippen molar-refractivity contribution in [2.45, 2.75) is 39.5 Å². The van der Waals surface area contributed by atoms with Crippen LogP contribution in [-0.2, 0) is 0 Å². The molecule has 0 aliphatic heterocycles. The smallest absolute Gasteiger partial charge is 0.0618 e. The van der Waals surface area contributed by atoms with Crippen LogP contribution in [0.15, 0.2) is 279 Å². The summed E-state index contributed by atoms with van der Waals surface area (Å²) in [4.78, 5) is 5.18. The van der Waals surface area contributed by atoms with Gasteiger partial charge in [-0.25, -0.2) is 0 Å². The minimum Gasteiger partial charge on any atom is -0.309 e. The van der Waals surface area contributed by atoms with Gasteiger partial charge >= 0.3 is 0 Å². The highest BCUT2D eigenvalue weighted by Gasteiger charge is 2.29. The summed E-state index contributed by atoms with van der Waals surface area (Å²) in [5, 5.41) is 12.3. The molecule has 382 valence electrons. The predicted octanol–water partition coefficient (Wildman–Crippen LogP) is 22.7. The first kappa shape index (κ1) is 48.6. The molecule has 0 aliphatic carbocycles. The van der Waals surface area contributed by atoms with Gasteiger partial charge in [0, 0.05) is 44.0 Å². The third kappa shape index (κ3) is 8.35. The van der Waals surface area contributed by atoms with Gasteiger partial charge in [0.15, 0.2) is 0 Å². The lowest BCUT2D eigenvalue weighted by Gasteiger charge is -2.34. The van der Waals surface area contributed by atoms with Crippen LogP contribution in [0.5, 0.6) is 0 Å². The van der Waals surface area contributed by atoms with E-state index in [9.17, 15) is 0 Å².